The Kier molecular flexibility index (Phi) is 3.64. The van der Waals surface area contributed by atoms with Crippen LogP contribution >= 0.6 is 23.4 Å². The Morgan fingerprint density at radius 3 is 2.75 bits per heavy atom. The van der Waals surface area contributed by atoms with E-state index in [0.717, 1.165) is 15.9 Å². The lowest BCUT2D eigenvalue weighted by atomic mass is 10.5. The average molecular weight is 252 g/mol. The van der Waals surface area contributed by atoms with Crippen LogP contribution in [0.15, 0.2) is 46.6 Å². The van der Waals surface area contributed by atoms with Gasteiger partial charge in [0.15, 0.2) is 0 Å². The molecular formula is C11H10ClN3S. The summed E-state index contributed by atoms with van der Waals surface area (Å²) in [6, 6.07) is 9.51. The number of aromatic nitrogens is 2. The van der Waals surface area contributed by atoms with E-state index in [2.05, 4.69) is 15.3 Å². The van der Waals surface area contributed by atoms with Crippen molar-refractivity contribution in [2.24, 2.45) is 0 Å². The van der Waals surface area contributed by atoms with Crippen LogP contribution in [-0.4, -0.2) is 17.0 Å². The molecule has 0 aliphatic heterocycles. The Morgan fingerprint density at radius 2 is 2.06 bits per heavy atom. The number of nitrogens with zero attached hydrogens (tertiary/aromatic N) is 2. The van der Waals surface area contributed by atoms with Crippen LogP contribution in [0, 0.1) is 0 Å². The summed E-state index contributed by atoms with van der Waals surface area (Å²) in [6.07, 6.45) is 1.63. The summed E-state index contributed by atoms with van der Waals surface area (Å²) in [5.74, 6) is 0.846. The molecule has 16 heavy (non-hydrogen) atoms. The van der Waals surface area contributed by atoms with Crippen LogP contribution in [0.3, 0.4) is 0 Å². The molecule has 0 aromatic carbocycles. The summed E-state index contributed by atoms with van der Waals surface area (Å²) < 4.78 is 0. The van der Waals surface area contributed by atoms with Gasteiger partial charge in [-0.1, -0.05) is 29.4 Å². The smallest absolute Gasteiger partial charge is 0.127 e. The minimum absolute atomic E-state index is 0.640. The predicted molar refractivity (Wildman–Crippen MR) is 67.2 cm³/mol. The van der Waals surface area contributed by atoms with Gasteiger partial charge in [0.1, 0.15) is 15.9 Å². The molecule has 3 nitrogen and oxygen atoms in total. The van der Waals surface area contributed by atoms with E-state index in [1.165, 1.54) is 11.8 Å². The molecule has 0 atom stereocenters. The first-order valence-electron chi connectivity index (χ1n) is 4.72. The molecule has 0 unspecified atom stereocenters. The van der Waals surface area contributed by atoms with Gasteiger partial charge in [-0.15, -0.1) is 0 Å². The predicted octanol–water partition coefficient (Wildman–Crippen LogP) is 3.32. The van der Waals surface area contributed by atoms with Crippen molar-refractivity contribution in [2.45, 2.75) is 10.1 Å². The van der Waals surface area contributed by atoms with Crippen LogP contribution in [0.1, 0.15) is 0 Å². The molecule has 2 heterocycles. The number of anilines is 1. The van der Waals surface area contributed by atoms with Crippen molar-refractivity contribution in [2.75, 3.05) is 12.4 Å². The molecule has 5 heteroatoms. The lowest BCUT2D eigenvalue weighted by Gasteiger charge is -2.02. The van der Waals surface area contributed by atoms with E-state index in [1.54, 1.807) is 6.20 Å². The van der Waals surface area contributed by atoms with Crippen LogP contribution in [-0.2, 0) is 0 Å². The van der Waals surface area contributed by atoms with Gasteiger partial charge in [-0.25, -0.2) is 9.97 Å². The number of rotatable bonds is 3. The molecule has 0 aliphatic carbocycles. The van der Waals surface area contributed by atoms with E-state index in [1.807, 2.05) is 37.4 Å². The molecule has 1 N–H and O–H groups in total. The maximum atomic E-state index is 5.76. The van der Waals surface area contributed by atoms with E-state index in [-0.39, 0.29) is 0 Å². The first-order valence-corrected chi connectivity index (χ1v) is 5.91. The number of hydrogen-bond acceptors (Lipinski definition) is 4. The monoisotopic (exact) mass is 251 g/mol. The van der Waals surface area contributed by atoms with Gasteiger partial charge in [-0.2, -0.15) is 0 Å². The lowest BCUT2D eigenvalue weighted by Crippen LogP contribution is -1.92. The number of hydrogen-bond donors (Lipinski definition) is 1. The van der Waals surface area contributed by atoms with Gasteiger partial charge in [0.05, 0.1) is 5.02 Å². The van der Waals surface area contributed by atoms with Gasteiger partial charge in [0, 0.05) is 13.2 Å². The molecule has 0 saturated carbocycles. The molecule has 2 rings (SSSR count). The molecular weight excluding hydrogens is 242 g/mol. The number of nitrogens with one attached hydrogen (secondary N) is 1. The number of pyridine rings is 2. The zero-order valence-corrected chi connectivity index (χ0v) is 10.2. The van der Waals surface area contributed by atoms with Gasteiger partial charge >= 0.3 is 0 Å². The highest BCUT2D eigenvalue weighted by Crippen LogP contribution is 2.25. The summed E-state index contributed by atoms with van der Waals surface area (Å²) in [7, 11) is 1.84. The van der Waals surface area contributed by atoms with Gasteiger partial charge in [-0.05, 0) is 24.3 Å². The lowest BCUT2D eigenvalue weighted by molar-refractivity contribution is 1.09. The summed E-state index contributed by atoms with van der Waals surface area (Å²) in [4.78, 5) is 8.59. The van der Waals surface area contributed by atoms with Gasteiger partial charge in [0.25, 0.3) is 0 Å². The minimum Gasteiger partial charge on any atom is -0.373 e. The summed E-state index contributed by atoms with van der Waals surface area (Å²) in [6.45, 7) is 0. The fraction of sp³-hybridized carbons (Fsp3) is 0.0909. The second-order valence-electron chi connectivity index (χ2n) is 3.03. The normalized spacial score (nSPS) is 10.1. The van der Waals surface area contributed by atoms with E-state index in [9.17, 15) is 0 Å². The van der Waals surface area contributed by atoms with Crippen molar-refractivity contribution in [3.05, 3.63) is 41.6 Å². The maximum absolute atomic E-state index is 5.76. The molecule has 2 aromatic heterocycles. The fourth-order valence-electron chi connectivity index (χ4n) is 1.14. The zero-order valence-electron chi connectivity index (χ0n) is 8.64. The molecule has 82 valence electrons. The molecule has 0 aliphatic rings. The highest BCUT2D eigenvalue weighted by atomic mass is 35.5. The minimum atomic E-state index is 0.640. The van der Waals surface area contributed by atoms with E-state index in [4.69, 9.17) is 11.6 Å². The number of halogens is 1. The highest BCUT2D eigenvalue weighted by Gasteiger charge is 2.00. The van der Waals surface area contributed by atoms with Gasteiger partial charge < -0.3 is 5.32 Å². The van der Waals surface area contributed by atoms with Crippen molar-refractivity contribution in [3.8, 4) is 0 Å². The van der Waals surface area contributed by atoms with E-state index in [0.29, 0.717) is 5.02 Å². The molecule has 0 saturated heterocycles. The quantitative estimate of drug-likeness (QED) is 0.908. The Labute approximate surface area is 103 Å². The SMILES string of the molecule is CNc1cccc(Sc2ccc(Cl)cn2)n1. The van der Waals surface area contributed by atoms with E-state index < -0.39 is 0 Å². The zero-order chi connectivity index (χ0) is 11.4. The van der Waals surface area contributed by atoms with Crippen LogP contribution < -0.4 is 5.32 Å². The third-order valence-corrected chi connectivity index (χ3v) is 3.00. The van der Waals surface area contributed by atoms with Crippen molar-refractivity contribution in [3.63, 3.8) is 0 Å². The molecule has 0 amide bonds. The summed E-state index contributed by atoms with van der Waals surface area (Å²) in [5, 5.41) is 5.42. The van der Waals surface area contributed by atoms with E-state index >= 15 is 0 Å². The topological polar surface area (TPSA) is 37.8 Å². The summed E-state index contributed by atoms with van der Waals surface area (Å²) >= 11 is 7.27. The van der Waals surface area contributed by atoms with Crippen molar-refractivity contribution in [1.29, 1.82) is 0 Å². The van der Waals surface area contributed by atoms with Crippen LogP contribution in [0.2, 0.25) is 5.02 Å². The molecule has 2 aromatic rings. The first-order chi connectivity index (χ1) is 7.78. The average Bonchev–Trinajstić information content (AvgIpc) is 2.32. The fourth-order valence-corrected chi connectivity index (χ4v) is 2.00. The Balaban J connectivity index is 2.16. The van der Waals surface area contributed by atoms with Crippen molar-refractivity contribution < 1.29 is 0 Å². The van der Waals surface area contributed by atoms with Gasteiger partial charge in [0.2, 0.25) is 0 Å². The molecule has 0 radical (unpaired) electrons. The first kappa shape index (κ1) is 11.2. The van der Waals surface area contributed by atoms with Crippen LogP contribution in [0.5, 0.6) is 0 Å². The maximum Gasteiger partial charge on any atom is 0.127 e. The van der Waals surface area contributed by atoms with Crippen molar-refractivity contribution >= 4 is 29.2 Å². The molecule has 0 bridgehead atoms. The van der Waals surface area contributed by atoms with Crippen LogP contribution in [0.25, 0.3) is 0 Å². The molecule has 0 fully saturated rings. The van der Waals surface area contributed by atoms with Crippen molar-refractivity contribution in [1.82, 2.24) is 9.97 Å². The largest absolute Gasteiger partial charge is 0.373 e. The Hall–Kier alpha value is -1.26. The van der Waals surface area contributed by atoms with Crippen LogP contribution in [0.4, 0.5) is 5.82 Å². The molecule has 0 spiro atoms. The highest BCUT2D eigenvalue weighted by molar-refractivity contribution is 7.99. The third kappa shape index (κ3) is 2.87. The standard InChI is InChI=1S/C11H10ClN3S/c1-13-9-3-2-4-11(15-9)16-10-6-5-8(12)7-14-10/h2-7H,1H3,(H,13,15). The second kappa shape index (κ2) is 5.18. The summed E-state index contributed by atoms with van der Waals surface area (Å²) in [5.41, 5.74) is 0. The Bertz CT molecular complexity index is 473. The Morgan fingerprint density at radius 1 is 1.19 bits per heavy atom. The third-order valence-electron chi connectivity index (χ3n) is 1.89. The second-order valence-corrected chi connectivity index (χ2v) is 4.50. The van der Waals surface area contributed by atoms with Gasteiger partial charge in [-0.3, -0.25) is 0 Å².